The predicted molar refractivity (Wildman–Crippen MR) is 49.8 cm³/mol. The number of carbonyl (C=O) groups excluding carboxylic acids is 1. The Morgan fingerprint density at radius 3 is 2.83 bits per heavy atom. The second-order valence-corrected chi connectivity index (χ2v) is 2.81. The standard InChI is InChI=1S/C7H6ClNO2S/c8-7(10)5-2-1-3-6(4-5)9-12-11/h1-4,12H,(H,9,11). The van der Waals surface area contributed by atoms with E-state index in [4.69, 9.17) is 11.6 Å². The summed E-state index contributed by atoms with van der Waals surface area (Å²) < 4.78 is 12.6. The number of benzene rings is 1. The molecule has 0 atom stereocenters. The molecule has 0 amide bonds. The van der Waals surface area contributed by atoms with Crippen molar-refractivity contribution in [1.29, 1.82) is 0 Å². The van der Waals surface area contributed by atoms with Gasteiger partial charge in [0.2, 0.25) is 0 Å². The van der Waals surface area contributed by atoms with Crippen molar-refractivity contribution in [3.63, 3.8) is 0 Å². The van der Waals surface area contributed by atoms with Crippen molar-refractivity contribution in [2.24, 2.45) is 0 Å². The van der Waals surface area contributed by atoms with Crippen LogP contribution >= 0.6 is 11.6 Å². The third-order valence-corrected chi connectivity index (χ3v) is 1.83. The van der Waals surface area contributed by atoms with Gasteiger partial charge in [-0.15, -0.1) is 0 Å². The summed E-state index contributed by atoms with van der Waals surface area (Å²) in [4.78, 5) is 10.7. The molecule has 0 spiro atoms. The molecule has 0 heterocycles. The molecule has 0 saturated heterocycles. The van der Waals surface area contributed by atoms with E-state index in [0.29, 0.717) is 11.3 Å². The van der Waals surface area contributed by atoms with E-state index in [1.54, 1.807) is 18.2 Å². The zero-order chi connectivity index (χ0) is 8.97. The average molecular weight is 204 g/mol. The minimum Gasteiger partial charge on any atom is -0.308 e. The molecule has 0 fully saturated rings. The Morgan fingerprint density at radius 1 is 1.50 bits per heavy atom. The molecule has 0 aliphatic heterocycles. The lowest BCUT2D eigenvalue weighted by Crippen LogP contribution is -1.93. The van der Waals surface area contributed by atoms with Crippen molar-refractivity contribution >= 4 is 34.4 Å². The SMILES string of the molecule is O=[SH]Nc1cccc(C(=O)Cl)c1. The number of nitrogens with one attached hydrogen (secondary N) is 1. The molecule has 1 N–H and O–H groups in total. The topological polar surface area (TPSA) is 46.2 Å². The summed E-state index contributed by atoms with van der Waals surface area (Å²) in [5.41, 5.74) is 0.975. The first-order valence-corrected chi connectivity index (χ1v) is 4.31. The first-order chi connectivity index (χ1) is 5.74. The van der Waals surface area contributed by atoms with Crippen LogP contribution in [0.15, 0.2) is 24.3 Å². The highest BCUT2D eigenvalue weighted by Crippen LogP contribution is 2.11. The highest BCUT2D eigenvalue weighted by Gasteiger charge is 2.00. The monoisotopic (exact) mass is 203 g/mol. The highest BCUT2D eigenvalue weighted by molar-refractivity contribution is 7.67. The van der Waals surface area contributed by atoms with E-state index >= 15 is 0 Å². The van der Waals surface area contributed by atoms with E-state index < -0.39 is 5.24 Å². The molecule has 3 nitrogen and oxygen atoms in total. The molecule has 0 aromatic heterocycles. The fourth-order valence-electron chi connectivity index (χ4n) is 0.764. The van der Waals surface area contributed by atoms with Gasteiger partial charge < -0.3 is 4.72 Å². The molecule has 0 bridgehead atoms. The molecule has 12 heavy (non-hydrogen) atoms. The fourth-order valence-corrected chi connectivity index (χ4v) is 1.13. The van der Waals surface area contributed by atoms with Gasteiger partial charge in [0.05, 0.1) is 0 Å². The van der Waals surface area contributed by atoms with Gasteiger partial charge in [-0.2, -0.15) is 0 Å². The van der Waals surface area contributed by atoms with Gasteiger partial charge in [0.15, 0.2) is 0 Å². The van der Waals surface area contributed by atoms with Crippen molar-refractivity contribution in [2.75, 3.05) is 4.72 Å². The number of carbonyl (C=O) groups is 1. The zero-order valence-corrected chi connectivity index (χ0v) is 7.60. The summed E-state index contributed by atoms with van der Waals surface area (Å²) in [7, 11) is 0. The van der Waals surface area contributed by atoms with Gasteiger partial charge in [-0.1, -0.05) is 6.07 Å². The van der Waals surface area contributed by atoms with E-state index in [9.17, 15) is 9.00 Å². The molecule has 0 aliphatic carbocycles. The molecule has 1 aromatic carbocycles. The molecule has 0 unspecified atom stereocenters. The summed E-state index contributed by atoms with van der Waals surface area (Å²) in [6.45, 7) is 0. The van der Waals surface area contributed by atoms with Gasteiger partial charge in [0.1, 0.15) is 11.9 Å². The molecule has 5 heteroatoms. The molecule has 64 valence electrons. The predicted octanol–water partition coefficient (Wildman–Crippen LogP) is 1.34. The van der Waals surface area contributed by atoms with Gasteiger partial charge in [0.25, 0.3) is 5.24 Å². The van der Waals surface area contributed by atoms with Gasteiger partial charge in [0, 0.05) is 11.3 Å². The van der Waals surface area contributed by atoms with Crippen LogP contribution < -0.4 is 4.72 Å². The summed E-state index contributed by atoms with van der Waals surface area (Å²) in [5, 5.41) is -0.527. The van der Waals surface area contributed by atoms with E-state index in [1.807, 2.05) is 0 Å². The van der Waals surface area contributed by atoms with Gasteiger partial charge in [-0.05, 0) is 29.8 Å². The van der Waals surface area contributed by atoms with Crippen LogP contribution in [0.25, 0.3) is 0 Å². The van der Waals surface area contributed by atoms with Crippen molar-refractivity contribution in [2.45, 2.75) is 0 Å². The number of anilines is 1. The van der Waals surface area contributed by atoms with Gasteiger partial charge in [-0.25, -0.2) is 4.21 Å². The van der Waals surface area contributed by atoms with Crippen molar-refractivity contribution in [1.82, 2.24) is 0 Å². The van der Waals surface area contributed by atoms with E-state index in [0.717, 1.165) is 0 Å². The van der Waals surface area contributed by atoms with E-state index in [2.05, 4.69) is 4.72 Å². The summed E-state index contributed by atoms with van der Waals surface area (Å²) in [6, 6.07) is 6.46. The Hall–Kier alpha value is -0.870. The Kier molecular flexibility index (Phi) is 3.25. The number of thiol groups is 1. The minimum atomic E-state index is -0.527. The molecule has 0 saturated carbocycles. The second kappa shape index (κ2) is 4.23. The lowest BCUT2D eigenvalue weighted by Gasteiger charge is -1.98. The molecule has 1 rings (SSSR count). The molecule has 1 aromatic rings. The minimum absolute atomic E-state index is 0.204. The van der Waals surface area contributed by atoms with Crippen LogP contribution in [0.1, 0.15) is 10.4 Å². The van der Waals surface area contributed by atoms with Crippen LogP contribution in [-0.4, -0.2) is 9.45 Å². The number of halogens is 1. The Bertz CT molecular complexity index is 316. The first kappa shape index (κ1) is 9.22. The highest BCUT2D eigenvalue weighted by atomic mass is 35.5. The van der Waals surface area contributed by atoms with Crippen LogP contribution in [0.3, 0.4) is 0 Å². The summed E-state index contributed by atoms with van der Waals surface area (Å²) in [6.07, 6.45) is 0. The average Bonchev–Trinajstić information content (AvgIpc) is 2.05. The van der Waals surface area contributed by atoms with E-state index in [-0.39, 0.29) is 11.9 Å². The van der Waals surface area contributed by atoms with Crippen molar-refractivity contribution in [3.8, 4) is 0 Å². The lowest BCUT2D eigenvalue weighted by atomic mass is 10.2. The summed E-state index contributed by atoms with van der Waals surface area (Å²) >= 11 is 5.02. The second-order valence-electron chi connectivity index (χ2n) is 2.06. The molecular weight excluding hydrogens is 198 g/mol. The van der Waals surface area contributed by atoms with Crippen molar-refractivity contribution < 1.29 is 9.00 Å². The maximum absolute atomic E-state index is 10.7. The third-order valence-electron chi connectivity index (χ3n) is 1.26. The number of hydrogen-bond donors (Lipinski definition) is 2. The number of hydrogen-bond acceptors (Lipinski definition) is 2. The van der Waals surface area contributed by atoms with Crippen LogP contribution in [0.2, 0.25) is 0 Å². The summed E-state index contributed by atoms with van der Waals surface area (Å²) in [5.74, 6) is 0. The van der Waals surface area contributed by atoms with Crippen LogP contribution in [0.4, 0.5) is 5.69 Å². The van der Waals surface area contributed by atoms with Crippen LogP contribution in [0.5, 0.6) is 0 Å². The number of rotatable bonds is 3. The fraction of sp³-hybridized carbons (Fsp3) is 0. The van der Waals surface area contributed by atoms with Crippen LogP contribution in [0, 0.1) is 0 Å². The van der Waals surface area contributed by atoms with Crippen LogP contribution in [-0.2, 0) is 11.9 Å². The lowest BCUT2D eigenvalue weighted by molar-refractivity contribution is 0.108. The molecule has 0 aliphatic rings. The maximum atomic E-state index is 10.7. The Morgan fingerprint density at radius 2 is 2.25 bits per heavy atom. The first-order valence-electron chi connectivity index (χ1n) is 3.12. The Labute approximate surface area is 78.4 Å². The van der Waals surface area contributed by atoms with Gasteiger partial charge >= 0.3 is 0 Å². The van der Waals surface area contributed by atoms with E-state index in [1.165, 1.54) is 6.07 Å². The van der Waals surface area contributed by atoms with Crippen molar-refractivity contribution in [3.05, 3.63) is 29.8 Å². The normalized spacial score (nSPS) is 9.42. The third kappa shape index (κ3) is 2.32. The smallest absolute Gasteiger partial charge is 0.252 e. The zero-order valence-electron chi connectivity index (χ0n) is 5.95. The van der Waals surface area contributed by atoms with Gasteiger partial charge in [-0.3, -0.25) is 4.79 Å². The maximum Gasteiger partial charge on any atom is 0.252 e. The quantitative estimate of drug-likeness (QED) is 0.575. The Balaban J connectivity index is 2.95. The largest absolute Gasteiger partial charge is 0.308 e. The molecular formula is C7H6ClNO2S. The molecule has 0 radical (unpaired) electrons.